The highest BCUT2D eigenvalue weighted by Crippen LogP contribution is 2.32. The lowest BCUT2D eigenvalue weighted by molar-refractivity contribution is -0.139. The van der Waals surface area contributed by atoms with Crippen molar-refractivity contribution in [2.75, 3.05) is 13.7 Å². The molecule has 1 aromatic heterocycles. The summed E-state index contributed by atoms with van der Waals surface area (Å²) in [5, 5.41) is 5.37. The monoisotopic (exact) mass is 225 g/mol. The Labute approximate surface area is 93.4 Å². The summed E-state index contributed by atoms with van der Waals surface area (Å²) >= 11 is 1.81. The minimum atomic E-state index is -0.197. The first-order valence-corrected chi connectivity index (χ1v) is 6.05. The topological polar surface area (TPSA) is 38.3 Å². The molecule has 2 rings (SSSR count). The van der Waals surface area contributed by atoms with Gasteiger partial charge in [-0.2, -0.15) is 0 Å². The third kappa shape index (κ3) is 2.38. The van der Waals surface area contributed by atoms with Crippen LogP contribution >= 0.6 is 11.3 Å². The largest absolute Gasteiger partial charge is 0.468 e. The van der Waals surface area contributed by atoms with E-state index >= 15 is 0 Å². The van der Waals surface area contributed by atoms with E-state index in [9.17, 15) is 4.79 Å². The zero-order valence-corrected chi connectivity index (χ0v) is 9.60. The van der Waals surface area contributed by atoms with E-state index in [1.165, 1.54) is 30.4 Å². The van der Waals surface area contributed by atoms with Crippen molar-refractivity contribution in [2.24, 2.45) is 0 Å². The van der Waals surface area contributed by atoms with Crippen LogP contribution in [0.5, 0.6) is 0 Å². The highest BCUT2D eigenvalue weighted by atomic mass is 32.1. The van der Waals surface area contributed by atoms with Gasteiger partial charge in [-0.05, 0) is 36.3 Å². The highest BCUT2D eigenvalue weighted by Gasteiger charge is 2.21. The van der Waals surface area contributed by atoms with E-state index in [1.54, 1.807) is 0 Å². The minimum Gasteiger partial charge on any atom is -0.468 e. The maximum atomic E-state index is 11.0. The fourth-order valence-corrected chi connectivity index (χ4v) is 2.96. The molecule has 3 nitrogen and oxygen atoms in total. The summed E-state index contributed by atoms with van der Waals surface area (Å²) in [6.07, 6.45) is 3.50. The summed E-state index contributed by atoms with van der Waals surface area (Å²) in [6.45, 7) is 0.302. The van der Waals surface area contributed by atoms with Gasteiger partial charge in [0.1, 0.15) is 0 Å². The Balaban J connectivity index is 1.97. The normalized spacial score (nSPS) is 19.7. The van der Waals surface area contributed by atoms with Crippen LogP contribution < -0.4 is 5.32 Å². The van der Waals surface area contributed by atoms with Crippen LogP contribution in [0.1, 0.15) is 29.3 Å². The predicted octanol–water partition coefficient (Wildman–Crippen LogP) is 1.89. The molecule has 0 bridgehead atoms. The number of ether oxygens (including phenoxy) is 1. The van der Waals surface area contributed by atoms with Gasteiger partial charge in [0.05, 0.1) is 13.7 Å². The third-order valence-corrected chi connectivity index (χ3v) is 3.77. The first-order valence-electron chi connectivity index (χ1n) is 5.17. The second-order valence-corrected chi connectivity index (χ2v) is 4.70. The molecular formula is C11H15NO2S. The van der Waals surface area contributed by atoms with Crippen LogP contribution in [-0.4, -0.2) is 19.6 Å². The molecule has 0 radical (unpaired) electrons. The lowest BCUT2D eigenvalue weighted by atomic mass is 9.94. The SMILES string of the molecule is COC(=O)CNC1CCCc2sccc21. The lowest BCUT2D eigenvalue weighted by Gasteiger charge is -2.23. The Morgan fingerprint density at radius 2 is 2.60 bits per heavy atom. The van der Waals surface area contributed by atoms with Gasteiger partial charge in [-0.3, -0.25) is 10.1 Å². The summed E-state index contributed by atoms with van der Waals surface area (Å²) in [4.78, 5) is 12.5. The van der Waals surface area contributed by atoms with Crippen LogP contribution in [0.3, 0.4) is 0 Å². The Morgan fingerprint density at radius 1 is 1.73 bits per heavy atom. The molecule has 1 unspecified atom stereocenters. The van der Waals surface area contributed by atoms with Crippen LogP contribution in [0.4, 0.5) is 0 Å². The lowest BCUT2D eigenvalue weighted by Crippen LogP contribution is -2.30. The molecule has 0 amide bonds. The Bertz CT molecular complexity index is 348. The molecule has 0 aliphatic heterocycles. The zero-order valence-electron chi connectivity index (χ0n) is 8.79. The summed E-state index contributed by atoms with van der Waals surface area (Å²) in [7, 11) is 1.42. The number of thiophene rings is 1. The second-order valence-electron chi connectivity index (χ2n) is 3.70. The molecule has 1 atom stereocenters. The molecule has 1 heterocycles. The van der Waals surface area contributed by atoms with Gasteiger partial charge < -0.3 is 4.74 Å². The van der Waals surface area contributed by atoms with Gasteiger partial charge >= 0.3 is 5.97 Å². The number of hydrogen-bond donors (Lipinski definition) is 1. The molecule has 15 heavy (non-hydrogen) atoms. The molecule has 0 aromatic carbocycles. The molecule has 0 saturated carbocycles. The van der Waals surface area contributed by atoms with E-state index in [4.69, 9.17) is 0 Å². The van der Waals surface area contributed by atoms with Gasteiger partial charge in [0, 0.05) is 10.9 Å². The van der Waals surface area contributed by atoms with Gasteiger partial charge in [0.25, 0.3) is 0 Å². The maximum absolute atomic E-state index is 11.0. The standard InChI is InChI=1S/C11H15NO2S/c1-14-11(13)7-12-9-3-2-4-10-8(9)5-6-15-10/h5-6,9,12H,2-4,7H2,1H3. The van der Waals surface area contributed by atoms with E-state index in [-0.39, 0.29) is 5.97 Å². The number of aryl methyl sites for hydroxylation is 1. The molecular weight excluding hydrogens is 210 g/mol. The minimum absolute atomic E-state index is 0.197. The number of carbonyl (C=O) groups excluding carboxylic acids is 1. The number of esters is 1. The van der Waals surface area contributed by atoms with Gasteiger partial charge in [0.15, 0.2) is 0 Å². The van der Waals surface area contributed by atoms with Crippen molar-refractivity contribution in [3.8, 4) is 0 Å². The molecule has 1 N–H and O–H groups in total. The number of hydrogen-bond acceptors (Lipinski definition) is 4. The molecule has 1 aliphatic rings. The average Bonchev–Trinajstić information content (AvgIpc) is 2.74. The fraction of sp³-hybridized carbons (Fsp3) is 0.545. The van der Waals surface area contributed by atoms with Crippen LogP contribution in [0, 0.1) is 0 Å². The fourth-order valence-electron chi connectivity index (χ4n) is 1.98. The van der Waals surface area contributed by atoms with Crippen molar-refractivity contribution in [2.45, 2.75) is 25.3 Å². The Hall–Kier alpha value is -0.870. The predicted molar refractivity (Wildman–Crippen MR) is 60.0 cm³/mol. The smallest absolute Gasteiger partial charge is 0.319 e. The van der Waals surface area contributed by atoms with Crippen molar-refractivity contribution in [1.82, 2.24) is 5.32 Å². The molecule has 0 fully saturated rings. The summed E-state index contributed by atoms with van der Waals surface area (Å²) in [5.74, 6) is -0.197. The number of fused-ring (bicyclic) bond motifs is 1. The molecule has 0 saturated heterocycles. The summed E-state index contributed by atoms with van der Waals surface area (Å²) < 4.78 is 4.61. The molecule has 0 spiro atoms. The van der Waals surface area contributed by atoms with Gasteiger partial charge in [0.2, 0.25) is 0 Å². The van der Waals surface area contributed by atoms with Crippen molar-refractivity contribution in [1.29, 1.82) is 0 Å². The summed E-state index contributed by atoms with van der Waals surface area (Å²) in [6, 6.07) is 2.49. The van der Waals surface area contributed by atoms with E-state index in [1.807, 2.05) is 11.3 Å². The summed E-state index contributed by atoms with van der Waals surface area (Å²) in [5.41, 5.74) is 1.37. The number of nitrogens with one attached hydrogen (secondary N) is 1. The number of methoxy groups -OCH3 is 1. The Kier molecular flexibility index (Phi) is 3.38. The number of rotatable bonds is 3. The van der Waals surface area contributed by atoms with Crippen molar-refractivity contribution in [3.05, 3.63) is 21.9 Å². The van der Waals surface area contributed by atoms with Crippen LogP contribution in [0.25, 0.3) is 0 Å². The highest BCUT2D eigenvalue weighted by molar-refractivity contribution is 7.10. The van der Waals surface area contributed by atoms with Crippen LogP contribution in [-0.2, 0) is 16.0 Å². The van der Waals surface area contributed by atoms with Crippen molar-refractivity contribution < 1.29 is 9.53 Å². The third-order valence-electron chi connectivity index (χ3n) is 2.77. The molecule has 1 aliphatic carbocycles. The number of carbonyl (C=O) groups is 1. The van der Waals surface area contributed by atoms with E-state index in [2.05, 4.69) is 21.5 Å². The molecule has 4 heteroatoms. The van der Waals surface area contributed by atoms with Crippen molar-refractivity contribution in [3.63, 3.8) is 0 Å². The van der Waals surface area contributed by atoms with Gasteiger partial charge in [-0.15, -0.1) is 11.3 Å². The van der Waals surface area contributed by atoms with Crippen LogP contribution in [0.15, 0.2) is 11.4 Å². The van der Waals surface area contributed by atoms with Gasteiger partial charge in [-0.1, -0.05) is 0 Å². The van der Waals surface area contributed by atoms with E-state index in [0.717, 1.165) is 6.42 Å². The van der Waals surface area contributed by atoms with E-state index < -0.39 is 0 Å². The first kappa shape index (κ1) is 10.6. The first-order chi connectivity index (χ1) is 7.31. The average molecular weight is 225 g/mol. The van der Waals surface area contributed by atoms with E-state index in [0.29, 0.717) is 12.6 Å². The maximum Gasteiger partial charge on any atom is 0.319 e. The second kappa shape index (κ2) is 4.77. The van der Waals surface area contributed by atoms with Crippen molar-refractivity contribution >= 4 is 17.3 Å². The quantitative estimate of drug-likeness (QED) is 0.798. The molecule has 1 aromatic rings. The Morgan fingerprint density at radius 3 is 3.40 bits per heavy atom. The molecule has 82 valence electrons. The zero-order chi connectivity index (χ0) is 10.7. The van der Waals surface area contributed by atoms with Crippen LogP contribution in [0.2, 0.25) is 0 Å². The van der Waals surface area contributed by atoms with Gasteiger partial charge in [-0.25, -0.2) is 0 Å².